The van der Waals surface area contributed by atoms with Gasteiger partial charge in [0.15, 0.2) is 0 Å². The number of fused-ring (bicyclic) bond motifs is 3. The van der Waals surface area contributed by atoms with Crippen molar-refractivity contribution in [2.45, 2.75) is 120 Å². The zero-order chi connectivity index (χ0) is 26.4. The molecule has 4 aliphatic heterocycles. The Morgan fingerprint density at radius 1 is 1.22 bits per heavy atom. The molecule has 0 aromatic heterocycles. The number of aliphatic hydroxyl groups excluding tert-OH is 2. The summed E-state index contributed by atoms with van der Waals surface area (Å²) in [7, 11) is 0. The van der Waals surface area contributed by atoms with Crippen molar-refractivity contribution in [3.05, 3.63) is 48.6 Å². The minimum atomic E-state index is -1.01. The summed E-state index contributed by atoms with van der Waals surface area (Å²) in [6, 6.07) is 0. The van der Waals surface area contributed by atoms with Gasteiger partial charge in [0.05, 0.1) is 30.5 Å². The van der Waals surface area contributed by atoms with Gasteiger partial charge >= 0.3 is 5.97 Å². The first-order chi connectivity index (χ1) is 17.7. The Labute approximate surface area is 221 Å². The summed E-state index contributed by atoms with van der Waals surface area (Å²) in [5.41, 5.74) is 1.18. The molecule has 0 aromatic rings. The predicted octanol–water partition coefficient (Wildman–Crippen LogP) is 4.33. The molecular weight excluding hydrogens is 472 g/mol. The van der Waals surface area contributed by atoms with E-state index >= 15 is 0 Å². The van der Waals surface area contributed by atoms with Crippen molar-refractivity contribution in [3.8, 4) is 0 Å². The predicted molar refractivity (Wildman–Crippen MR) is 141 cm³/mol. The van der Waals surface area contributed by atoms with Crippen molar-refractivity contribution in [2.24, 2.45) is 5.41 Å². The summed E-state index contributed by atoms with van der Waals surface area (Å²) in [5, 5.41) is 21.7. The highest BCUT2D eigenvalue weighted by atomic mass is 16.6. The van der Waals surface area contributed by atoms with Gasteiger partial charge in [-0.1, -0.05) is 56.4 Å². The van der Waals surface area contributed by atoms with Crippen LogP contribution in [0.15, 0.2) is 48.6 Å². The average Bonchev–Trinajstić information content (AvgIpc) is 3.61. The van der Waals surface area contributed by atoms with Gasteiger partial charge in [-0.2, -0.15) is 0 Å². The minimum absolute atomic E-state index is 0.0728. The molecule has 0 aromatic carbocycles. The molecule has 2 bridgehead atoms. The molecule has 7 heteroatoms. The highest BCUT2D eigenvalue weighted by Crippen LogP contribution is 2.35. The fraction of sp³-hybridized carbons (Fsp3) is 0.700. The van der Waals surface area contributed by atoms with E-state index in [0.717, 1.165) is 44.1 Å². The molecule has 4 heterocycles. The van der Waals surface area contributed by atoms with Crippen LogP contribution in [0, 0.1) is 5.41 Å². The van der Waals surface area contributed by atoms with Gasteiger partial charge in [-0.15, -0.1) is 0 Å². The van der Waals surface area contributed by atoms with E-state index in [0.29, 0.717) is 25.9 Å². The lowest BCUT2D eigenvalue weighted by Crippen LogP contribution is -2.33. The Morgan fingerprint density at radius 2 is 2.05 bits per heavy atom. The second-order valence-electron chi connectivity index (χ2n) is 11.8. The summed E-state index contributed by atoms with van der Waals surface area (Å²) < 4.78 is 23.4. The van der Waals surface area contributed by atoms with Crippen LogP contribution in [0.3, 0.4) is 0 Å². The van der Waals surface area contributed by atoms with E-state index in [1.54, 1.807) is 12.2 Å². The monoisotopic (exact) mass is 516 g/mol. The summed E-state index contributed by atoms with van der Waals surface area (Å²) in [6.07, 6.45) is 14.6. The average molecular weight is 517 g/mol. The number of carbonyl (C=O) groups excluding carboxylic acids is 1. The third-order valence-electron chi connectivity index (χ3n) is 7.80. The molecular formula is C30H44O7. The zero-order valence-corrected chi connectivity index (χ0v) is 22.3. The van der Waals surface area contributed by atoms with Gasteiger partial charge in [-0.3, -0.25) is 0 Å². The lowest BCUT2D eigenvalue weighted by Gasteiger charge is -2.34. The van der Waals surface area contributed by atoms with Crippen molar-refractivity contribution >= 4 is 5.97 Å². The zero-order valence-electron chi connectivity index (χ0n) is 22.3. The summed E-state index contributed by atoms with van der Waals surface area (Å²) in [4.78, 5) is 12.7. The first-order valence-corrected chi connectivity index (χ1v) is 13.9. The normalized spacial score (nSPS) is 39.2. The molecule has 7 nitrogen and oxygen atoms in total. The third kappa shape index (κ3) is 8.89. The molecule has 0 radical (unpaired) electrons. The Kier molecular flexibility index (Phi) is 9.81. The van der Waals surface area contributed by atoms with E-state index in [-0.39, 0.29) is 35.9 Å². The maximum absolute atomic E-state index is 12.7. The van der Waals surface area contributed by atoms with Crippen LogP contribution in [0.1, 0.15) is 71.6 Å². The Morgan fingerprint density at radius 3 is 2.86 bits per heavy atom. The van der Waals surface area contributed by atoms with E-state index in [1.807, 2.05) is 12.2 Å². The lowest BCUT2D eigenvalue weighted by molar-refractivity contribution is -0.148. The van der Waals surface area contributed by atoms with E-state index in [1.165, 1.54) is 6.08 Å². The van der Waals surface area contributed by atoms with Gasteiger partial charge < -0.3 is 29.2 Å². The molecule has 0 aliphatic carbocycles. The summed E-state index contributed by atoms with van der Waals surface area (Å²) in [6.45, 7) is 9.26. The Bertz CT molecular complexity index is 875. The maximum atomic E-state index is 12.7. The van der Waals surface area contributed by atoms with Crippen molar-refractivity contribution in [1.82, 2.24) is 0 Å². The molecule has 37 heavy (non-hydrogen) atoms. The quantitative estimate of drug-likeness (QED) is 0.327. The van der Waals surface area contributed by atoms with Crippen LogP contribution in [0.25, 0.3) is 0 Å². The van der Waals surface area contributed by atoms with Crippen LogP contribution < -0.4 is 0 Å². The Balaban J connectivity index is 1.43. The molecule has 0 amide bonds. The number of carbonyl (C=O) groups is 1. The van der Waals surface area contributed by atoms with Crippen LogP contribution in [0.2, 0.25) is 0 Å². The standard InChI is InChI=1S/C30H44O7/c1-20-7-4-8-21-9-5-10-22(35-21)11-6-12-28(33)36-26(18-27-29(37-27)25(32)17-20)24(31)14-13-23-19-30(2,3)15-16-34-23/h5-6,10,12-14,21-27,29,31-32H,1,4,7-9,11,15-19H2,2-3H3/b12-6-,14-13+/t21-,22+,23?,24+,25+,26?,27+,29+/m1/s1. The van der Waals surface area contributed by atoms with Gasteiger partial charge in [-0.25, -0.2) is 4.79 Å². The molecule has 206 valence electrons. The van der Waals surface area contributed by atoms with Gasteiger partial charge in [0.1, 0.15) is 18.3 Å². The van der Waals surface area contributed by atoms with Gasteiger partial charge in [0.2, 0.25) is 0 Å². The number of ether oxygens (including phenoxy) is 4. The fourth-order valence-electron chi connectivity index (χ4n) is 5.48. The lowest BCUT2D eigenvalue weighted by atomic mass is 9.82. The number of rotatable bonds is 3. The molecule has 2 N–H and O–H groups in total. The molecule has 4 rings (SSSR count). The minimum Gasteiger partial charge on any atom is -0.456 e. The third-order valence-corrected chi connectivity index (χ3v) is 7.80. The number of aliphatic hydroxyl groups is 2. The van der Waals surface area contributed by atoms with Crippen LogP contribution >= 0.6 is 0 Å². The number of hydrogen-bond donors (Lipinski definition) is 2. The first kappa shape index (κ1) is 28.2. The van der Waals surface area contributed by atoms with Crippen molar-refractivity contribution in [2.75, 3.05) is 6.61 Å². The molecule has 8 atom stereocenters. The maximum Gasteiger partial charge on any atom is 0.330 e. The second-order valence-corrected chi connectivity index (χ2v) is 11.8. The number of hydrogen-bond acceptors (Lipinski definition) is 7. The Hall–Kier alpha value is -1.77. The van der Waals surface area contributed by atoms with Crippen LogP contribution in [-0.4, -0.2) is 71.6 Å². The van der Waals surface area contributed by atoms with Crippen molar-refractivity contribution < 1.29 is 34.0 Å². The first-order valence-electron chi connectivity index (χ1n) is 13.9. The van der Waals surface area contributed by atoms with E-state index in [9.17, 15) is 15.0 Å². The SMILES string of the molecule is C=C1CCC[C@@H]2CC=C[C@@H](C/C=C\C(=O)OC([C@@H](O)/C=C/C3CC(C)(C)CCO3)C[C@@H]3O[C@H]3[C@@H](O)C1)O2. The summed E-state index contributed by atoms with van der Waals surface area (Å²) >= 11 is 0. The molecule has 2 saturated heterocycles. The topological polar surface area (TPSA) is 97.8 Å². The van der Waals surface area contributed by atoms with Crippen molar-refractivity contribution in [1.29, 1.82) is 0 Å². The van der Waals surface area contributed by atoms with Crippen LogP contribution in [0.5, 0.6) is 0 Å². The fourth-order valence-corrected chi connectivity index (χ4v) is 5.48. The molecule has 2 fully saturated rings. The summed E-state index contributed by atoms with van der Waals surface area (Å²) in [5.74, 6) is -0.518. The van der Waals surface area contributed by atoms with Gasteiger partial charge in [-0.05, 0) is 56.8 Å². The largest absolute Gasteiger partial charge is 0.456 e. The second kappa shape index (κ2) is 12.9. The highest BCUT2D eigenvalue weighted by Gasteiger charge is 2.46. The smallest absolute Gasteiger partial charge is 0.330 e. The number of esters is 1. The molecule has 0 saturated carbocycles. The number of epoxide rings is 1. The molecule has 4 aliphatic rings. The highest BCUT2D eigenvalue weighted by molar-refractivity contribution is 5.82. The van der Waals surface area contributed by atoms with E-state index < -0.39 is 24.3 Å². The molecule has 0 spiro atoms. The van der Waals surface area contributed by atoms with E-state index in [2.05, 4.69) is 26.5 Å². The van der Waals surface area contributed by atoms with Crippen LogP contribution in [-0.2, 0) is 23.7 Å². The number of cyclic esters (lactones) is 1. The van der Waals surface area contributed by atoms with E-state index in [4.69, 9.17) is 18.9 Å². The van der Waals surface area contributed by atoms with Gasteiger partial charge in [0, 0.05) is 19.1 Å². The van der Waals surface area contributed by atoms with Crippen molar-refractivity contribution in [3.63, 3.8) is 0 Å². The van der Waals surface area contributed by atoms with Crippen LogP contribution in [0.4, 0.5) is 0 Å². The van der Waals surface area contributed by atoms with Gasteiger partial charge in [0.25, 0.3) is 0 Å². The molecule has 2 unspecified atom stereocenters.